The van der Waals surface area contributed by atoms with E-state index in [1.165, 1.54) is 0 Å². The number of H-pyrrole nitrogens is 1. The minimum absolute atomic E-state index is 0.129. The molecule has 0 aliphatic heterocycles. The molecule has 1 aliphatic rings. The highest BCUT2D eigenvalue weighted by molar-refractivity contribution is 7.91. The number of hydrogen-bond acceptors (Lipinski definition) is 6. The first kappa shape index (κ1) is 20.7. The molecule has 8 heteroatoms. The molecule has 0 saturated heterocycles. The number of aromatic amines is 1. The first-order valence-electron chi connectivity index (χ1n) is 10.2. The SMILES string of the molecule is Cc1noc(C)c1-c1cc(S(=O)(=O)CC2CCCC2)c2cc(N(C)C)c(=O)[nH]c2c1. The fraction of sp³-hybridized carbons (Fsp3) is 0.455. The fourth-order valence-electron chi connectivity index (χ4n) is 4.47. The van der Waals surface area contributed by atoms with Crippen LogP contribution in [0.25, 0.3) is 22.0 Å². The topological polar surface area (TPSA) is 96.3 Å². The van der Waals surface area contributed by atoms with E-state index in [1.54, 1.807) is 44.1 Å². The largest absolute Gasteiger partial charge is 0.373 e. The molecule has 4 rings (SSSR count). The number of sulfone groups is 1. The molecule has 160 valence electrons. The predicted octanol–water partition coefficient (Wildman–Crippen LogP) is 3.83. The van der Waals surface area contributed by atoms with Gasteiger partial charge in [0.25, 0.3) is 5.56 Å². The first-order chi connectivity index (χ1) is 14.2. The lowest BCUT2D eigenvalue weighted by Crippen LogP contribution is -2.21. The summed E-state index contributed by atoms with van der Waals surface area (Å²) in [5.74, 6) is 0.922. The van der Waals surface area contributed by atoms with Gasteiger partial charge in [-0.2, -0.15) is 0 Å². The van der Waals surface area contributed by atoms with Crippen LogP contribution in [-0.2, 0) is 9.84 Å². The van der Waals surface area contributed by atoms with Gasteiger partial charge < -0.3 is 14.4 Å². The van der Waals surface area contributed by atoms with E-state index in [0.29, 0.717) is 33.6 Å². The second-order valence-electron chi connectivity index (χ2n) is 8.44. The number of pyridine rings is 1. The molecule has 0 bridgehead atoms. The van der Waals surface area contributed by atoms with Crippen molar-refractivity contribution in [2.75, 3.05) is 24.7 Å². The summed E-state index contributed by atoms with van der Waals surface area (Å²) in [5.41, 5.74) is 2.77. The third-order valence-corrected chi connectivity index (χ3v) is 7.89. The molecule has 0 spiro atoms. The Labute approximate surface area is 176 Å². The van der Waals surface area contributed by atoms with Crippen LogP contribution in [-0.4, -0.2) is 38.4 Å². The zero-order valence-corrected chi connectivity index (χ0v) is 18.6. The number of rotatable bonds is 5. The average Bonchev–Trinajstić information content (AvgIpc) is 3.29. The van der Waals surface area contributed by atoms with E-state index in [9.17, 15) is 13.2 Å². The highest BCUT2D eigenvalue weighted by Gasteiger charge is 2.27. The maximum absolute atomic E-state index is 13.5. The van der Waals surface area contributed by atoms with Crippen LogP contribution in [0.2, 0.25) is 0 Å². The van der Waals surface area contributed by atoms with Gasteiger partial charge in [-0.15, -0.1) is 0 Å². The minimum Gasteiger partial charge on any atom is -0.373 e. The fourth-order valence-corrected chi connectivity index (χ4v) is 6.42. The molecule has 1 fully saturated rings. The van der Waals surface area contributed by atoms with Gasteiger partial charge in [0.2, 0.25) is 0 Å². The molecule has 30 heavy (non-hydrogen) atoms. The maximum Gasteiger partial charge on any atom is 0.271 e. The van der Waals surface area contributed by atoms with Gasteiger partial charge in [-0.25, -0.2) is 8.42 Å². The summed E-state index contributed by atoms with van der Waals surface area (Å²) in [7, 11) is -0.0260. The number of hydrogen-bond donors (Lipinski definition) is 1. The summed E-state index contributed by atoms with van der Waals surface area (Å²) in [4.78, 5) is 17.4. The van der Waals surface area contributed by atoms with Gasteiger partial charge in [0.1, 0.15) is 11.4 Å². The molecule has 7 nitrogen and oxygen atoms in total. The molecular formula is C22H27N3O4S. The van der Waals surface area contributed by atoms with Crippen LogP contribution in [0.5, 0.6) is 0 Å². The van der Waals surface area contributed by atoms with Gasteiger partial charge in [0.05, 0.1) is 21.9 Å². The molecule has 1 saturated carbocycles. The van der Waals surface area contributed by atoms with Crippen LogP contribution in [0.3, 0.4) is 0 Å². The second-order valence-corrected chi connectivity index (χ2v) is 10.4. The third kappa shape index (κ3) is 3.64. The Hall–Kier alpha value is -2.61. The van der Waals surface area contributed by atoms with Crippen LogP contribution < -0.4 is 10.5 Å². The lowest BCUT2D eigenvalue weighted by atomic mass is 10.0. The van der Waals surface area contributed by atoms with E-state index in [1.807, 2.05) is 6.92 Å². The van der Waals surface area contributed by atoms with Gasteiger partial charge >= 0.3 is 0 Å². The normalized spacial score (nSPS) is 15.2. The van der Waals surface area contributed by atoms with Gasteiger partial charge in [-0.3, -0.25) is 4.79 Å². The van der Waals surface area contributed by atoms with E-state index >= 15 is 0 Å². The van der Waals surface area contributed by atoms with Crippen LogP contribution in [0, 0.1) is 19.8 Å². The van der Waals surface area contributed by atoms with E-state index in [4.69, 9.17) is 4.52 Å². The van der Waals surface area contributed by atoms with Gasteiger partial charge in [0.15, 0.2) is 9.84 Å². The molecule has 1 N–H and O–H groups in total. The highest BCUT2D eigenvalue weighted by Crippen LogP contribution is 2.36. The molecule has 1 aliphatic carbocycles. The van der Waals surface area contributed by atoms with E-state index in [0.717, 1.165) is 31.2 Å². The summed E-state index contributed by atoms with van der Waals surface area (Å²) in [5, 5.41) is 4.53. The Morgan fingerprint density at radius 3 is 2.47 bits per heavy atom. The van der Waals surface area contributed by atoms with Crippen molar-refractivity contribution in [2.24, 2.45) is 5.92 Å². The maximum atomic E-state index is 13.5. The van der Waals surface area contributed by atoms with E-state index in [2.05, 4.69) is 10.1 Å². The highest BCUT2D eigenvalue weighted by atomic mass is 32.2. The van der Waals surface area contributed by atoms with Crippen molar-refractivity contribution in [1.82, 2.24) is 10.1 Å². The zero-order chi connectivity index (χ0) is 21.6. The van der Waals surface area contributed by atoms with E-state index in [-0.39, 0.29) is 22.1 Å². The van der Waals surface area contributed by atoms with Crippen molar-refractivity contribution >= 4 is 26.4 Å². The smallest absolute Gasteiger partial charge is 0.271 e. The molecule has 0 amide bonds. The molecule has 2 heterocycles. The van der Waals surface area contributed by atoms with Crippen LogP contribution in [0.4, 0.5) is 5.69 Å². The quantitative estimate of drug-likeness (QED) is 0.662. The molecule has 0 unspecified atom stereocenters. The Morgan fingerprint density at radius 2 is 1.87 bits per heavy atom. The summed E-state index contributed by atoms with van der Waals surface area (Å²) in [6.45, 7) is 3.62. The van der Waals surface area contributed by atoms with Gasteiger partial charge in [0, 0.05) is 25.0 Å². The summed E-state index contributed by atoms with van der Waals surface area (Å²) >= 11 is 0. The molecule has 0 radical (unpaired) electrons. The van der Waals surface area contributed by atoms with Crippen molar-refractivity contribution in [2.45, 2.75) is 44.4 Å². The number of nitrogens with zero attached hydrogens (tertiary/aromatic N) is 2. The molecular weight excluding hydrogens is 402 g/mol. The lowest BCUT2D eigenvalue weighted by Gasteiger charge is -2.17. The second kappa shape index (κ2) is 7.58. The average molecular weight is 430 g/mol. The predicted molar refractivity (Wildman–Crippen MR) is 118 cm³/mol. The summed E-state index contributed by atoms with van der Waals surface area (Å²) < 4.78 is 32.3. The first-order valence-corrected chi connectivity index (χ1v) is 11.9. The monoisotopic (exact) mass is 429 g/mol. The zero-order valence-electron chi connectivity index (χ0n) is 17.8. The Bertz CT molecular complexity index is 1250. The minimum atomic E-state index is -3.56. The van der Waals surface area contributed by atoms with E-state index < -0.39 is 9.84 Å². The Morgan fingerprint density at radius 1 is 1.17 bits per heavy atom. The summed E-state index contributed by atoms with van der Waals surface area (Å²) in [6.07, 6.45) is 4.05. The van der Waals surface area contributed by atoms with Crippen molar-refractivity contribution in [1.29, 1.82) is 0 Å². The lowest BCUT2D eigenvalue weighted by molar-refractivity contribution is 0.393. The number of fused-ring (bicyclic) bond motifs is 1. The molecule has 1 aromatic carbocycles. The van der Waals surface area contributed by atoms with Crippen LogP contribution >= 0.6 is 0 Å². The van der Waals surface area contributed by atoms with Gasteiger partial charge in [-0.1, -0.05) is 18.0 Å². The Kier molecular flexibility index (Phi) is 5.22. The molecule has 0 atom stereocenters. The van der Waals surface area contributed by atoms with Crippen molar-refractivity contribution in [3.8, 4) is 11.1 Å². The van der Waals surface area contributed by atoms with Crippen LogP contribution in [0.1, 0.15) is 37.1 Å². The molecule has 3 aromatic rings. The third-order valence-electron chi connectivity index (χ3n) is 5.97. The van der Waals surface area contributed by atoms with Crippen LogP contribution in [0.15, 0.2) is 32.4 Å². The van der Waals surface area contributed by atoms with Crippen molar-refractivity contribution in [3.05, 3.63) is 40.0 Å². The molecule has 2 aromatic heterocycles. The number of nitrogens with one attached hydrogen (secondary N) is 1. The standard InChI is InChI=1S/C22H27N3O4S/c1-13-21(14(2)29-24-13)16-9-18-17(11-19(25(3)4)22(26)23-18)20(10-16)30(27,28)12-15-7-5-6-8-15/h9-11,15H,5-8,12H2,1-4H3,(H,23,26). The number of anilines is 1. The number of aromatic nitrogens is 2. The van der Waals surface area contributed by atoms with Gasteiger partial charge in [-0.05, 0) is 56.4 Å². The van der Waals surface area contributed by atoms with Crippen molar-refractivity contribution < 1.29 is 12.9 Å². The Balaban J connectivity index is 1.99. The van der Waals surface area contributed by atoms with Crippen molar-refractivity contribution in [3.63, 3.8) is 0 Å². The number of aryl methyl sites for hydroxylation is 2. The number of benzene rings is 1. The summed E-state index contributed by atoms with van der Waals surface area (Å²) in [6, 6.07) is 5.18.